The van der Waals surface area contributed by atoms with E-state index in [9.17, 15) is 10.1 Å². The summed E-state index contributed by atoms with van der Waals surface area (Å²) in [5.41, 5.74) is 1.19. The summed E-state index contributed by atoms with van der Waals surface area (Å²) in [4.78, 5) is 12.1. The van der Waals surface area contributed by atoms with Gasteiger partial charge in [-0.1, -0.05) is 0 Å². The van der Waals surface area contributed by atoms with Crippen molar-refractivity contribution in [3.63, 3.8) is 0 Å². The molecule has 5 heteroatoms. The zero-order valence-electron chi connectivity index (χ0n) is 9.33. The van der Waals surface area contributed by atoms with Crippen LogP contribution in [-0.4, -0.2) is 21.2 Å². The Kier molecular flexibility index (Phi) is 4.50. The normalized spacial score (nSPS) is 10.1. The summed E-state index contributed by atoms with van der Waals surface area (Å²) in [5.74, 6) is -0.240. The molecule has 92 valence electrons. The number of hydrogen-bond acceptors (Lipinski definition) is 3. The van der Waals surface area contributed by atoms with Crippen molar-refractivity contribution < 1.29 is 14.0 Å². The molecule has 0 fully saturated rings. The topological polar surface area (TPSA) is 61.4 Å². The van der Waals surface area contributed by atoms with Gasteiger partial charge in [0.15, 0.2) is 0 Å². The molecule has 2 rings (SSSR count). The molecule has 18 heavy (non-hydrogen) atoms. The second kappa shape index (κ2) is 6.33. The first-order chi connectivity index (χ1) is 8.81. The van der Waals surface area contributed by atoms with E-state index in [0.29, 0.717) is 15.7 Å². The summed E-state index contributed by atoms with van der Waals surface area (Å²) < 4.78 is 4.53. The molecule has 0 spiro atoms. The molecule has 2 aromatic carbocycles. The van der Waals surface area contributed by atoms with Crippen molar-refractivity contribution in [2.75, 3.05) is 5.32 Å². The first-order valence-corrected chi connectivity index (χ1v) is 6.79. The zero-order chi connectivity index (χ0) is 12.8. The monoisotopic (exact) mass is 308 g/mol. The minimum absolute atomic E-state index is 0.240. The molecule has 4 nitrogen and oxygen atoms in total. The fourth-order valence-corrected chi connectivity index (χ4v) is 2.44. The Bertz CT molecular complexity index is 531. The quantitative estimate of drug-likeness (QED) is 0.508. The third kappa shape index (κ3) is 3.18. The molecule has 0 heterocycles. The van der Waals surface area contributed by atoms with Crippen molar-refractivity contribution in [3.05, 3.63) is 60.2 Å². The molecule has 0 aromatic heterocycles. The van der Waals surface area contributed by atoms with Gasteiger partial charge in [0.25, 0.3) is 0 Å². The predicted molar refractivity (Wildman–Crippen MR) is 67.3 cm³/mol. The number of carbonyl (C=O) groups excluding carboxylic acids is 1. The van der Waals surface area contributed by atoms with Crippen LogP contribution < -0.4 is 15.0 Å². The van der Waals surface area contributed by atoms with Gasteiger partial charge in [-0.25, -0.2) is 0 Å². The standard InChI is InChI=1S/C13H11NO3Se/c15-13(14-10-6-2-1-3-7-10)11-8-4-5-9-12(11)18-17-16/h1-9,16H,(H,14,15)/p-1. The molecule has 0 aliphatic heterocycles. The Hall–Kier alpha value is -1.65. The summed E-state index contributed by atoms with van der Waals surface area (Å²) in [6, 6.07) is 16.1. The molecule has 0 atom stereocenters. The van der Waals surface area contributed by atoms with Gasteiger partial charge in [-0.15, -0.1) is 0 Å². The molecule has 0 saturated carbocycles. The summed E-state index contributed by atoms with van der Waals surface area (Å²) in [6.07, 6.45) is 0. The van der Waals surface area contributed by atoms with Gasteiger partial charge >= 0.3 is 111 Å². The number of nitrogens with one attached hydrogen (secondary N) is 1. The fourth-order valence-electron chi connectivity index (χ4n) is 1.48. The number of rotatable bonds is 4. The second-order valence-corrected chi connectivity index (χ2v) is 5.03. The Morgan fingerprint density at radius 2 is 1.72 bits per heavy atom. The average Bonchev–Trinajstić information content (AvgIpc) is 2.41. The molecule has 0 bridgehead atoms. The van der Waals surface area contributed by atoms with Crippen molar-refractivity contribution in [1.82, 2.24) is 0 Å². The second-order valence-electron chi connectivity index (χ2n) is 3.47. The van der Waals surface area contributed by atoms with Crippen LogP contribution in [0.5, 0.6) is 0 Å². The molecule has 0 radical (unpaired) electrons. The van der Waals surface area contributed by atoms with Gasteiger partial charge in [0, 0.05) is 0 Å². The first-order valence-electron chi connectivity index (χ1n) is 5.23. The number of anilines is 1. The Labute approximate surface area is 111 Å². The van der Waals surface area contributed by atoms with E-state index in [2.05, 4.69) is 9.29 Å². The Morgan fingerprint density at radius 1 is 1.06 bits per heavy atom. The van der Waals surface area contributed by atoms with Crippen molar-refractivity contribution in [3.8, 4) is 0 Å². The van der Waals surface area contributed by atoms with E-state index < -0.39 is 15.3 Å². The summed E-state index contributed by atoms with van der Waals surface area (Å²) in [5, 5.41) is 13.0. The van der Waals surface area contributed by atoms with Gasteiger partial charge in [0.2, 0.25) is 0 Å². The zero-order valence-corrected chi connectivity index (χ0v) is 11.0. The van der Waals surface area contributed by atoms with Crippen LogP contribution in [0.15, 0.2) is 54.6 Å². The summed E-state index contributed by atoms with van der Waals surface area (Å²) in [7, 11) is 0. The number of para-hydroxylation sites is 1. The van der Waals surface area contributed by atoms with Gasteiger partial charge in [0.05, 0.1) is 0 Å². The molecular formula is C13H10NO3Se-. The van der Waals surface area contributed by atoms with Gasteiger partial charge in [0.1, 0.15) is 0 Å². The number of carbonyl (C=O) groups is 1. The number of benzene rings is 2. The van der Waals surface area contributed by atoms with E-state index in [-0.39, 0.29) is 5.91 Å². The van der Waals surface area contributed by atoms with Crippen LogP contribution in [0.4, 0.5) is 5.69 Å². The van der Waals surface area contributed by atoms with Crippen LogP contribution in [0.2, 0.25) is 0 Å². The first kappa shape index (κ1) is 12.8. The van der Waals surface area contributed by atoms with Crippen LogP contribution in [0.3, 0.4) is 0 Å². The molecule has 0 aliphatic carbocycles. The van der Waals surface area contributed by atoms with Crippen molar-refractivity contribution in [2.24, 2.45) is 0 Å². The van der Waals surface area contributed by atoms with Crippen molar-refractivity contribution in [1.29, 1.82) is 0 Å². The molecule has 0 unspecified atom stereocenters. The van der Waals surface area contributed by atoms with Crippen molar-refractivity contribution >= 4 is 31.3 Å². The maximum absolute atomic E-state index is 12.1. The molecule has 1 N–H and O–H groups in total. The SMILES string of the molecule is O=C(Nc1ccccc1)c1ccccc1[Se]O[O-]. The summed E-state index contributed by atoms with van der Waals surface area (Å²) in [6.45, 7) is 0. The van der Waals surface area contributed by atoms with Gasteiger partial charge in [-0.2, -0.15) is 0 Å². The molecule has 0 saturated heterocycles. The van der Waals surface area contributed by atoms with E-state index in [0.717, 1.165) is 0 Å². The molecule has 2 aromatic rings. The Morgan fingerprint density at radius 3 is 2.44 bits per heavy atom. The number of hydrogen-bond donors (Lipinski definition) is 1. The van der Waals surface area contributed by atoms with E-state index in [1.807, 2.05) is 18.2 Å². The predicted octanol–water partition coefficient (Wildman–Crippen LogP) is 0.475. The van der Waals surface area contributed by atoms with Crippen molar-refractivity contribution in [2.45, 2.75) is 0 Å². The maximum atomic E-state index is 12.1. The van der Waals surface area contributed by atoms with Gasteiger partial charge in [-0.3, -0.25) is 0 Å². The van der Waals surface area contributed by atoms with Gasteiger partial charge < -0.3 is 0 Å². The molecule has 1 amide bonds. The number of amides is 1. The van der Waals surface area contributed by atoms with Crippen LogP contribution in [-0.2, 0) is 3.97 Å². The van der Waals surface area contributed by atoms with Crippen LogP contribution in [0.25, 0.3) is 0 Å². The van der Waals surface area contributed by atoms with E-state index in [4.69, 9.17) is 0 Å². The third-order valence-corrected chi connectivity index (χ3v) is 3.55. The Balaban J connectivity index is 2.19. The average molecular weight is 307 g/mol. The van der Waals surface area contributed by atoms with Crippen LogP contribution in [0, 0.1) is 0 Å². The molecular weight excluding hydrogens is 297 g/mol. The molecule has 0 aliphatic rings. The van der Waals surface area contributed by atoms with E-state index in [1.54, 1.807) is 36.4 Å². The van der Waals surface area contributed by atoms with E-state index >= 15 is 0 Å². The van der Waals surface area contributed by atoms with E-state index in [1.165, 1.54) is 0 Å². The fraction of sp³-hybridized carbons (Fsp3) is 0. The van der Waals surface area contributed by atoms with Crippen LogP contribution in [0.1, 0.15) is 10.4 Å². The third-order valence-electron chi connectivity index (χ3n) is 2.29. The van der Waals surface area contributed by atoms with Gasteiger partial charge in [-0.05, 0) is 0 Å². The summed E-state index contributed by atoms with van der Waals surface area (Å²) >= 11 is -0.690. The minimum atomic E-state index is -0.690. The van der Waals surface area contributed by atoms with Crippen LogP contribution >= 0.6 is 0 Å².